The Morgan fingerprint density at radius 2 is 1.62 bits per heavy atom. The smallest absolute Gasteiger partial charge is 0.255 e. The van der Waals surface area contributed by atoms with Crippen LogP contribution in [0.1, 0.15) is 48.0 Å². The van der Waals surface area contributed by atoms with E-state index in [1.807, 2.05) is 25.1 Å². The summed E-state index contributed by atoms with van der Waals surface area (Å²) in [6.07, 6.45) is 2.34. The Balaban J connectivity index is 1.76. The van der Waals surface area contributed by atoms with Gasteiger partial charge in [0.1, 0.15) is 0 Å². The van der Waals surface area contributed by atoms with Gasteiger partial charge in [0.25, 0.3) is 5.91 Å². The van der Waals surface area contributed by atoms with Crippen molar-refractivity contribution < 1.29 is 13.2 Å². The van der Waals surface area contributed by atoms with Crippen molar-refractivity contribution in [2.75, 3.05) is 18.8 Å². The van der Waals surface area contributed by atoms with Crippen molar-refractivity contribution in [2.24, 2.45) is 0 Å². The number of benzene rings is 2. The summed E-state index contributed by atoms with van der Waals surface area (Å²) >= 11 is 0. The molecule has 0 saturated carbocycles. The van der Waals surface area contributed by atoms with Gasteiger partial charge in [0, 0.05) is 13.1 Å². The van der Waals surface area contributed by atoms with Crippen molar-refractivity contribution >= 4 is 15.7 Å². The van der Waals surface area contributed by atoms with Crippen molar-refractivity contribution in [3.63, 3.8) is 0 Å². The van der Waals surface area contributed by atoms with Crippen LogP contribution in [0.15, 0.2) is 59.5 Å². The molecule has 1 saturated heterocycles. The van der Waals surface area contributed by atoms with E-state index in [1.54, 1.807) is 29.2 Å². The van der Waals surface area contributed by atoms with Crippen LogP contribution >= 0.6 is 0 Å². The van der Waals surface area contributed by atoms with Crippen LogP contribution in [0.2, 0.25) is 0 Å². The van der Waals surface area contributed by atoms with Gasteiger partial charge in [-0.25, -0.2) is 8.42 Å². The fraction of sp³-hybridized carbons (Fsp3) is 0.381. The quantitative estimate of drug-likeness (QED) is 0.801. The molecule has 1 heterocycles. The molecule has 5 heteroatoms. The highest BCUT2D eigenvalue weighted by atomic mass is 32.2. The molecule has 1 amide bonds. The number of sulfone groups is 1. The number of piperidine rings is 1. The molecule has 0 bridgehead atoms. The Morgan fingerprint density at radius 3 is 2.27 bits per heavy atom. The van der Waals surface area contributed by atoms with Gasteiger partial charge in [0.2, 0.25) is 0 Å². The number of hydrogen-bond acceptors (Lipinski definition) is 3. The minimum Gasteiger partial charge on any atom is -0.339 e. The first kappa shape index (κ1) is 18.6. The summed E-state index contributed by atoms with van der Waals surface area (Å²) in [5, 5.41) is 0. The van der Waals surface area contributed by atoms with Crippen LogP contribution in [-0.4, -0.2) is 38.1 Å². The van der Waals surface area contributed by atoms with E-state index in [1.165, 1.54) is 5.56 Å². The lowest BCUT2D eigenvalue weighted by molar-refractivity contribution is 0.0709. The van der Waals surface area contributed by atoms with Crippen LogP contribution in [0.25, 0.3) is 0 Å². The highest BCUT2D eigenvalue weighted by Gasteiger charge is 2.28. The van der Waals surface area contributed by atoms with Crippen molar-refractivity contribution in [2.45, 2.75) is 37.0 Å². The van der Waals surface area contributed by atoms with E-state index < -0.39 is 9.84 Å². The van der Waals surface area contributed by atoms with Crippen LogP contribution in [0, 0.1) is 0 Å². The van der Waals surface area contributed by atoms with Gasteiger partial charge < -0.3 is 4.90 Å². The predicted octanol–water partition coefficient (Wildman–Crippen LogP) is 3.89. The Labute approximate surface area is 155 Å². The Hall–Kier alpha value is -2.14. The van der Waals surface area contributed by atoms with E-state index in [9.17, 15) is 13.2 Å². The molecule has 4 nitrogen and oxygen atoms in total. The molecule has 138 valence electrons. The largest absolute Gasteiger partial charge is 0.339 e. The topological polar surface area (TPSA) is 54.5 Å². The van der Waals surface area contributed by atoms with E-state index in [4.69, 9.17) is 0 Å². The lowest BCUT2D eigenvalue weighted by atomic mass is 9.89. The van der Waals surface area contributed by atoms with Crippen LogP contribution in [0.3, 0.4) is 0 Å². The number of carbonyl (C=O) groups is 1. The normalized spacial score (nSPS) is 15.8. The number of hydrogen-bond donors (Lipinski definition) is 0. The minimum absolute atomic E-state index is 0.0629. The zero-order valence-corrected chi connectivity index (χ0v) is 15.9. The third kappa shape index (κ3) is 3.98. The molecule has 0 unspecified atom stereocenters. The number of carbonyl (C=O) groups excluding carboxylic acids is 1. The van der Waals surface area contributed by atoms with Crippen molar-refractivity contribution in [3.8, 4) is 0 Å². The maximum Gasteiger partial charge on any atom is 0.255 e. The second-order valence-electron chi connectivity index (χ2n) is 6.79. The standard InChI is InChI=1S/C21H25NO3S/c1-2-16-26(24,25)20-11-7-6-10-19(20)21(23)22-14-12-18(13-15-22)17-8-4-3-5-9-17/h3-11,18H,2,12-16H2,1H3. The fourth-order valence-corrected chi connectivity index (χ4v) is 5.14. The molecule has 0 N–H and O–H groups in total. The lowest BCUT2D eigenvalue weighted by Crippen LogP contribution is -2.38. The summed E-state index contributed by atoms with van der Waals surface area (Å²) in [4.78, 5) is 14.9. The van der Waals surface area contributed by atoms with Gasteiger partial charge in [-0.05, 0) is 42.9 Å². The van der Waals surface area contributed by atoms with Gasteiger partial charge in [-0.15, -0.1) is 0 Å². The third-order valence-corrected chi connectivity index (χ3v) is 6.95. The zero-order chi connectivity index (χ0) is 18.6. The number of rotatable bonds is 5. The first-order valence-corrected chi connectivity index (χ1v) is 10.8. The minimum atomic E-state index is -3.43. The van der Waals surface area contributed by atoms with Crippen molar-refractivity contribution in [1.29, 1.82) is 0 Å². The third-order valence-electron chi connectivity index (χ3n) is 4.98. The average Bonchev–Trinajstić information content (AvgIpc) is 2.68. The first-order chi connectivity index (χ1) is 12.5. The Morgan fingerprint density at radius 1 is 1.00 bits per heavy atom. The van der Waals surface area contributed by atoms with E-state index >= 15 is 0 Å². The summed E-state index contributed by atoms with van der Waals surface area (Å²) in [7, 11) is -3.43. The highest BCUT2D eigenvalue weighted by molar-refractivity contribution is 7.91. The summed E-state index contributed by atoms with van der Waals surface area (Å²) in [6, 6.07) is 17.0. The predicted molar refractivity (Wildman–Crippen MR) is 103 cm³/mol. The summed E-state index contributed by atoms with van der Waals surface area (Å²) in [6.45, 7) is 3.14. The second-order valence-corrected chi connectivity index (χ2v) is 8.87. The van der Waals surface area contributed by atoms with Gasteiger partial charge in [-0.2, -0.15) is 0 Å². The van der Waals surface area contributed by atoms with E-state index in [0.29, 0.717) is 31.0 Å². The number of amides is 1. The lowest BCUT2D eigenvalue weighted by Gasteiger charge is -2.32. The van der Waals surface area contributed by atoms with E-state index in [0.717, 1.165) is 12.8 Å². The molecule has 2 aromatic rings. The molecule has 2 aromatic carbocycles. The van der Waals surface area contributed by atoms with Gasteiger partial charge in [0.15, 0.2) is 9.84 Å². The molecular weight excluding hydrogens is 346 g/mol. The van der Waals surface area contributed by atoms with Crippen LogP contribution in [0.4, 0.5) is 0 Å². The zero-order valence-electron chi connectivity index (χ0n) is 15.1. The van der Waals surface area contributed by atoms with E-state index in [2.05, 4.69) is 12.1 Å². The van der Waals surface area contributed by atoms with Gasteiger partial charge in [-0.3, -0.25) is 4.79 Å². The average molecular weight is 372 g/mol. The van der Waals surface area contributed by atoms with Gasteiger partial charge >= 0.3 is 0 Å². The molecule has 0 aromatic heterocycles. The van der Waals surface area contributed by atoms with Gasteiger partial charge in [-0.1, -0.05) is 49.4 Å². The summed E-state index contributed by atoms with van der Waals surface area (Å²) in [5.41, 5.74) is 1.62. The Kier molecular flexibility index (Phi) is 5.77. The molecule has 3 rings (SSSR count). The molecule has 26 heavy (non-hydrogen) atoms. The molecule has 0 spiro atoms. The molecule has 1 aliphatic heterocycles. The summed E-state index contributed by atoms with van der Waals surface area (Å²) < 4.78 is 25.0. The molecule has 1 fully saturated rings. The maximum atomic E-state index is 13.0. The molecule has 0 atom stereocenters. The summed E-state index contributed by atoms with van der Waals surface area (Å²) in [5.74, 6) is 0.346. The van der Waals surface area contributed by atoms with Crippen molar-refractivity contribution in [3.05, 3.63) is 65.7 Å². The number of nitrogens with zero attached hydrogens (tertiary/aromatic N) is 1. The molecule has 0 radical (unpaired) electrons. The highest BCUT2D eigenvalue weighted by Crippen LogP contribution is 2.29. The maximum absolute atomic E-state index is 13.0. The molecular formula is C21H25NO3S. The van der Waals surface area contributed by atoms with E-state index in [-0.39, 0.29) is 16.6 Å². The SMILES string of the molecule is CCCS(=O)(=O)c1ccccc1C(=O)N1CCC(c2ccccc2)CC1. The van der Waals surface area contributed by atoms with Crippen LogP contribution in [0.5, 0.6) is 0 Å². The van der Waals surface area contributed by atoms with Crippen molar-refractivity contribution in [1.82, 2.24) is 4.90 Å². The Bertz CT molecular complexity index is 854. The molecule has 0 aliphatic carbocycles. The monoisotopic (exact) mass is 371 g/mol. The molecule has 1 aliphatic rings. The fourth-order valence-electron chi connectivity index (χ4n) is 3.60. The second kappa shape index (κ2) is 8.04. The van der Waals surface area contributed by atoms with Crippen LogP contribution in [-0.2, 0) is 9.84 Å². The number of likely N-dealkylation sites (tertiary alicyclic amines) is 1. The van der Waals surface area contributed by atoms with Gasteiger partial charge in [0.05, 0.1) is 16.2 Å². The first-order valence-electron chi connectivity index (χ1n) is 9.19. The van der Waals surface area contributed by atoms with Crippen LogP contribution < -0.4 is 0 Å².